The average molecular weight is 283 g/mol. The first-order valence-electron chi connectivity index (χ1n) is 6.13. The van der Waals surface area contributed by atoms with Crippen LogP contribution in [0.1, 0.15) is 30.6 Å². The van der Waals surface area contributed by atoms with E-state index in [2.05, 4.69) is 4.74 Å². The van der Waals surface area contributed by atoms with Gasteiger partial charge in [-0.1, -0.05) is 0 Å². The quantitative estimate of drug-likeness (QED) is 0.462. The molecule has 7 nitrogen and oxygen atoms in total. The Labute approximate surface area is 116 Å². The number of rotatable bonds is 6. The lowest BCUT2D eigenvalue weighted by molar-refractivity contribution is -0.385. The number of nitro benzene ring substituents is 1. The topological polar surface area (TPSA) is 110 Å². The highest BCUT2D eigenvalue weighted by molar-refractivity contribution is 5.70. The Balaban J connectivity index is 2.81. The highest BCUT2D eigenvalue weighted by atomic mass is 16.6. The molecule has 110 valence electrons. The average Bonchev–Trinajstić information content (AvgIpc) is 2.37. The van der Waals surface area contributed by atoms with Gasteiger partial charge < -0.3 is 14.9 Å². The van der Waals surface area contributed by atoms with Crippen LogP contribution >= 0.6 is 0 Å². The lowest BCUT2D eigenvalue weighted by atomic mass is 9.99. The SMILES string of the molecule is CCOC(=O)CC(O)C(O)c1ccc([N+](=O)[O-])c(C)c1. The molecule has 7 heteroatoms. The molecule has 0 radical (unpaired) electrons. The van der Waals surface area contributed by atoms with E-state index in [1.807, 2.05) is 0 Å². The van der Waals surface area contributed by atoms with Crippen molar-refractivity contribution in [2.45, 2.75) is 32.5 Å². The largest absolute Gasteiger partial charge is 0.466 e. The Morgan fingerprint density at radius 3 is 2.60 bits per heavy atom. The minimum atomic E-state index is -1.32. The van der Waals surface area contributed by atoms with Gasteiger partial charge in [0.2, 0.25) is 0 Å². The monoisotopic (exact) mass is 283 g/mol. The van der Waals surface area contributed by atoms with Crippen molar-refractivity contribution in [3.63, 3.8) is 0 Å². The van der Waals surface area contributed by atoms with E-state index >= 15 is 0 Å². The molecule has 2 atom stereocenters. The zero-order valence-corrected chi connectivity index (χ0v) is 11.3. The van der Waals surface area contributed by atoms with E-state index < -0.39 is 23.1 Å². The maximum Gasteiger partial charge on any atom is 0.308 e. The van der Waals surface area contributed by atoms with Gasteiger partial charge in [0.05, 0.1) is 24.1 Å². The van der Waals surface area contributed by atoms with E-state index in [1.165, 1.54) is 25.1 Å². The normalized spacial score (nSPS) is 13.6. The van der Waals surface area contributed by atoms with Crippen LogP contribution in [0.25, 0.3) is 0 Å². The van der Waals surface area contributed by atoms with Crippen molar-refractivity contribution in [3.8, 4) is 0 Å². The molecule has 0 aliphatic carbocycles. The van der Waals surface area contributed by atoms with Gasteiger partial charge in [0.25, 0.3) is 5.69 Å². The standard InChI is InChI=1S/C13H17NO6/c1-3-20-12(16)7-11(15)13(17)9-4-5-10(14(18)19)8(2)6-9/h4-6,11,13,15,17H,3,7H2,1-2H3. The van der Waals surface area contributed by atoms with Crippen LogP contribution in [-0.4, -0.2) is 33.8 Å². The lowest BCUT2D eigenvalue weighted by Gasteiger charge is -2.17. The minimum Gasteiger partial charge on any atom is -0.466 e. The van der Waals surface area contributed by atoms with Gasteiger partial charge in [0.1, 0.15) is 6.10 Å². The van der Waals surface area contributed by atoms with Crippen molar-refractivity contribution in [3.05, 3.63) is 39.4 Å². The van der Waals surface area contributed by atoms with Crippen LogP contribution in [0.15, 0.2) is 18.2 Å². The number of ether oxygens (including phenoxy) is 1. The van der Waals surface area contributed by atoms with E-state index in [1.54, 1.807) is 6.92 Å². The van der Waals surface area contributed by atoms with Crippen LogP contribution in [0.2, 0.25) is 0 Å². The summed E-state index contributed by atoms with van der Waals surface area (Å²) in [6.45, 7) is 3.37. The fraction of sp³-hybridized carbons (Fsp3) is 0.462. The van der Waals surface area contributed by atoms with Crippen molar-refractivity contribution in [2.75, 3.05) is 6.61 Å². The molecule has 0 heterocycles. The second-order valence-electron chi connectivity index (χ2n) is 4.32. The molecule has 2 unspecified atom stereocenters. The number of hydrogen-bond donors (Lipinski definition) is 2. The Morgan fingerprint density at radius 2 is 2.10 bits per heavy atom. The van der Waals surface area contributed by atoms with E-state index in [0.29, 0.717) is 11.1 Å². The smallest absolute Gasteiger partial charge is 0.308 e. The number of aliphatic hydroxyl groups excluding tert-OH is 2. The molecule has 1 rings (SSSR count). The summed E-state index contributed by atoms with van der Waals surface area (Å²) in [7, 11) is 0. The zero-order chi connectivity index (χ0) is 15.3. The van der Waals surface area contributed by atoms with Crippen molar-refractivity contribution in [2.24, 2.45) is 0 Å². The Bertz CT molecular complexity index is 502. The summed E-state index contributed by atoms with van der Waals surface area (Å²) >= 11 is 0. The third-order valence-corrected chi connectivity index (χ3v) is 2.80. The first kappa shape index (κ1) is 16.1. The molecule has 20 heavy (non-hydrogen) atoms. The summed E-state index contributed by atoms with van der Waals surface area (Å²) in [5.41, 5.74) is 0.612. The second kappa shape index (κ2) is 6.97. The summed E-state index contributed by atoms with van der Waals surface area (Å²) in [5, 5.41) is 30.4. The molecule has 2 N–H and O–H groups in total. The number of aliphatic hydroxyl groups is 2. The van der Waals surface area contributed by atoms with Crippen LogP contribution in [0.4, 0.5) is 5.69 Å². The first-order valence-corrected chi connectivity index (χ1v) is 6.13. The summed E-state index contributed by atoms with van der Waals surface area (Å²) in [6.07, 6.45) is -2.97. The maximum absolute atomic E-state index is 11.2. The third kappa shape index (κ3) is 4.01. The number of hydrogen-bond acceptors (Lipinski definition) is 6. The van der Waals surface area contributed by atoms with E-state index in [-0.39, 0.29) is 18.7 Å². The number of nitro groups is 1. The van der Waals surface area contributed by atoms with Crippen LogP contribution in [-0.2, 0) is 9.53 Å². The van der Waals surface area contributed by atoms with E-state index in [9.17, 15) is 25.1 Å². The molecule has 0 amide bonds. The molecule has 0 spiro atoms. The Morgan fingerprint density at radius 1 is 1.45 bits per heavy atom. The molecule has 0 aromatic heterocycles. The molecule has 0 aliphatic rings. The van der Waals surface area contributed by atoms with Gasteiger partial charge in [-0.05, 0) is 31.5 Å². The zero-order valence-electron chi connectivity index (χ0n) is 11.3. The first-order chi connectivity index (χ1) is 9.36. The summed E-state index contributed by atoms with van der Waals surface area (Å²) in [4.78, 5) is 21.4. The molecule has 0 aliphatic heterocycles. The number of esters is 1. The Hall–Kier alpha value is -1.99. The molecule has 1 aromatic carbocycles. The highest BCUT2D eigenvalue weighted by Gasteiger charge is 2.23. The van der Waals surface area contributed by atoms with Crippen LogP contribution < -0.4 is 0 Å². The lowest BCUT2D eigenvalue weighted by Crippen LogP contribution is -2.23. The van der Waals surface area contributed by atoms with Gasteiger partial charge in [-0.25, -0.2) is 0 Å². The van der Waals surface area contributed by atoms with E-state index in [4.69, 9.17) is 0 Å². The predicted molar refractivity (Wildman–Crippen MR) is 70.1 cm³/mol. The van der Waals surface area contributed by atoms with Gasteiger partial charge in [0, 0.05) is 11.6 Å². The second-order valence-corrected chi connectivity index (χ2v) is 4.32. The third-order valence-electron chi connectivity index (χ3n) is 2.80. The highest BCUT2D eigenvalue weighted by Crippen LogP contribution is 2.25. The summed E-state index contributed by atoms with van der Waals surface area (Å²) in [5.74, 6) is -0.613. The van der Waals surface area contributed by atoms with Crippen molar-refractivity contribution >= 4 is 11.7 Å². The van der Waals surface area contributed by atoms with Crippen molar-refractivity contribution < 1.29 is 24.7 Å². The van der Waals surface area contributed by atoms with Crippen molar-refractivity contribution in [1.29, 1.82) is 0 Å². The van der Waals surface area contributed by atoms with Crippen LogP contribution in [0, 0.1) is 17.0 Å². The molecule has 0 fully saturated rings. The fourth-order valence-corrected chi connectivity index (χ4v) is 1.79. The van der Waals surface area contributed by atoms with Gasteiger partial charge in [0.15, 0.2) is 0 Å². The number of aryl methyl sites for hydroxylation is 1. The summed E-state index contributed by atoms with van der Waals surface area (Å²) < 4.78 is 4.67. The van der Waals surface area contributed by atoms with Gasteiger partial charge in [-0.2, -0.15) is 0 Å². The maximum atomic E-state index is 11.2. The molecule has 0 bridgehead atoms. The van der Waals surface area contributed by atoms with E-state index in [0.717, 1.165) is 0 Å². The Kier molecular flexibility index (Phi) is 5.60. The number of nitrogens with zero attached hydrogens (tertiary/aromatic N) is 1. The molecule has 0 saturated heterocycles. The summed E-state index contributed by atoms with van der Waals surface area (Å²) in [6, 6.07) is 4.02. The molecule has 1 aromatic rings. The van der Waals surface area contributed by atoms with Crippen LogP contribution in [0.5, 0.6) is 0 Å². The van der Waals surface area contributed by atoms with Gasteiger partial charge >= 0.3 is 5.97 Å². The van der Waals surface area contributed by atoms with Crippen molar-refractivity contribution in [1.82, 2.24) is 0 Å². The number of carbonyl (C=O) groups is 1. The number of benzene rings is 1. The molecular weight excluding hydrogens is 266 g/mol. The van der Waals surface area contributed by atoms with Gasteiger partial charge in [-0.3, -0.25) is 14.9 Å². The minimum absolute atomic E-state index is 0.0687. The molecule has 0 saturated carbocycles. The van der Waals surface area contributed by atoms with Crippen LogP contribution in [0.3, 0.4) is 0 Å². The predicted octanol–water partition coefficient (Wildman–Crippen LogP) is 1.25. The fourth-order valence-electron chi connectivity index (χ4n) is 1.79. The molecular formula is C13H17NO6. The number of carbonyl (C=O) groups excluding carboxylic acids is 1. The van der Waals surface area contributed by atoms with Gasteiger partial charge in [-0.15, -0.1) is 0 Å².